The molecule has 2 N–H and O–H groups in total. The van der Waals surface area contributed by atoms with Crippen LogP contribution in [0.15, 0.2) is 36.7 Å². The number of hydrogen-bond acceptors (Lipinski definition) is 3. The molecule has 1 aromatic carbocycles. The highest BCUT2D eigenvalue weighted by Crippen LogP contribution is 2.20. The van der Waals surface area contributed by atoms with Crippen molar-refractivity contribution < 1.29 is 9.90 Å². The van der Waals surface area contributed by atoms with Crippen molar-refractivity contribution in [1.82, 2.24) is 9.78 Å². The fourth-order valence-corrected chi connectivity index (χ4v) is 1.98. The van der Waals surface area contributed by atoms with Gasteiger partial charge in [0.05, 0.1) is 6.20 Å². The van der Waals surface area contributed by atoms with Crippen LogP contribution in [-0.2, 0) is 11.3 Å². The second-order valence-corrected chi connectivity index (χ2v) is 4.82. The first kappa shape index (κ1) is 14.1. The number of rotatable bonds is 6. The summed E-state index contributed by atoms with van der Waals surface area (Å²) in [7, 11) is 0. The molecule has 1 unspecified atom stereocenters. The molecular formula is C15H19N3O2. The highest BCUT2D eigenvalue weighted by molar-refractivity contribution is 5.79. The second-order valence-electron chi connectivity index (χ2n) is 4.82. The summed E-state index contributed by atoms with van der Waals surface area (Å²) in [5.74, 6) is -0.915. The van der Waals surface area contributed by atoms with Gasteiger partial charge in [0.2, 0.25) is 0 Å². The van der Waals surface area contributed by atoms with Crippen LogP contribution in [0.1, 0.15) is 30.5 Å². The number of carboxylic acid groups (broad SMARTS) is 1. The van der Waals surface area contributed by atoms with Crippen molar-refractivity contribution in [2.24, 2.45) is 0 Å². The molecule has 0 bridgehead atoms. The molecule has 0 saturated heterocycles. The maximum Gasteiger partial charge on any atom is 0.330 e. The summed E-state index contributed by atoms with van der Waals surface area (Å²) >= 11 is 0. The van der Waals surface area contributed by atoms with E-state index in [4.69, 9.17) is 0 Å². The van der Waals surface area contributed by atoms with Gasteiger partial charge in [-0.3, -0.25) is 4.68 Å². The van der Waals surface area contributed by atoms with Gasteiger partial charge in [0, 0.05) is 24.0 Å². The Morgan fingerprint density at radius 1 is 1.40 bits per heavy atom. The molecule has 1 aromatic heterocycles. The quantitative estimate of drug-likeness (QED) is 0.849. The molecule has 2 aromatic rings. The van der Waals surface area contributed by atoms with Gasteiger partial charge in [-0.25, -0.2) is 4.79 Å². The Hall–Kier alpha value is -2.30. The lowest BCUT2D eigenvalue weighted by Crippen LogP contribution is -2.20. The lowest BCUT2D eigenvalue weighted by atomic mass is 10.1. The summed E-state index contributed by atoms with van der Waals surface area (Å²) < 4.78 is 1.77. The monoisotopic (exact) mass is 273 g/mol. The smallest absolute Gasteiger partial charge is 0.330 e. The average Bonchev–Trinajstić information content (AvgIpc) is 2.86. The van der Waals surface area contributed by atoms with E-state index in [1.54, 1.807) is 17.1 Å². The summed E-state index contributed by atoms with van der Waals surface area (Å²) in [6, 6.07) is 6.86. The minimum Gasteiger partial charge on any atom is -0.479 e. The fourth-order valence-electron chi connectivity index (χ4n) is 1.98. The molecular weight excluding hydrogens is 254 g/mol. The Morgan fingerprint density at radius 3 is 2.70 bits per heavy atom. The van der Waals surface area contributed by atoms with Gasteiger partial charge in [0.1, 0.15) is 0 Å². The Kier molecular flexibility index (Phi) is 4.40. The number of anilines is 1. The van der Waals surface area contributed by atoms with Crippen LogP contribution in [0, 0.1) is 6.92 Å². The first-order valence-corrected chi connectivity index (χ1v) is 6.68. The van der Waals surface area contributed by atoms with Crippen LogP contribution in [0.25, 0.3) is 0 Å². The number of hydrogen-bond donors (Lipinski definition) is 2. The molecule has 1 heterocycles. The van der Waals surface area contributed by atoms with Crippen molar-refractivity contribution in [1.29, 1.82) is 0 Å². The van der Waals surface area contributed by atoms with Crippen LogP contribution in [0.5, 0.6) is 0 Å². The first-order chi connectivity index (χ1) is 9.60. The molecule has 0 aliphatic heterocycles. The van der Waals surface area contributed by atoms with Crippen molar-refractivity contribution in [3.05, 3.63) is 47.8 Å². The van der Waals surface area contributed by atoms with E-state index < -0.39 is 12.0 Å². The topological polar surface area (TPSA) is 67.2 Å². The molecule has 0 saturated carbocycles. The van der Waals surface area contributed by atoms with Crippen LogP contribution in [0.3, 0.4) is 0 Å². The first-order valence-electron chi connectivity index (χ1n) is 6.68. The van der Waals surface area contributed by atoms with Gasteiger partial charge in [-0.15, -0.1) is 0 Å². The molecule has 0 aliphatic carbocycles. The van der Waals surface area contributed by atoms with E-state index in [1.807, 2.05) is 31.2 Å². The largest absolute Gasteiger partial charge is 0.479 e. The molecule has 0 radical (unpaired) electrons. The summed E-state index contributed by atoms with van der Waals surface area (Å²) in [5, 5.41) is 16.6. The van der Waals surface area contributed by atoms with Gasteiger partial charge in [-0.1, -0.05) is 24.6 Å². The molecule has 106 valence electrons. The molecule has 2 rings (SSSR count). The molecule has 1 atom stereocenters. The number of carboxylic acids is 1. The summed E-state index contributed by atoms with van der Waals surface area (Å²) in [4.78, 5) is 11.4. The van der Waals surface area contributed by atoms with Gasteiger partial charge in [-0.2, -0.15) is 5.10 Å². The molecule has 0 amide bonds. The standard InChI is InChI=1S/C15H19N3O2/c1-3-8-18-10-12(9-16-18)14(15(19)20)17-13-6-4-11(2)5-7-13/h4-7,9-10,14,17H,3,8H2,1-2H3,(H,19,20). The minimum absolute atomic E-state index is 0.659. The number of aromatic nitrogens is 2. The normalized spacial score (nSPS) is 12.1. The van der Waals surface area contributed by atoms with Crippen LogP contribution in [0.2, 0.25) is 0 Å². The van der Waals surface area contributed by atoms with E-state index in [-0.39, 0.29) is 0 Å². The average molecular weight is 273 g/mol. The van der Waals surface area contributed by atoms with Crippen LogP contribution in [-0.4, -0.2) is 20.9 Å². The lowest BCUT2D eigenvalue weighted by molar-refractivity contribution is -0.138. The lowest BCUT2D eigenvalue weighted by Gasteiger charge is -2.14. The predicted molar refractivity (Wildman–Crippen MR) is 77.7 cm³/mol. The maximum absolute atomic E-state index is 11.4. The molecule has 0 aliphatic rings. The van der Waals surface area contributed by atoms with Gasteiger partial charge in [-0.05, 0) is 25.5 Å². The Balaban J connectivity index is 2.17. The van der Waals surface area contributed by atoms with Crippen molar-refractivity contribution in [3.63, 3.8) is 0 Å². The van der Waals surface area contributed by atoms with Gasteiger partial charge < -0.3 is 10.4 Å². The van der Waals surface area contributed by atoms with Gasteiger partial charge in [0.15, 0.2) is 6.04 Å². The highest BCUT2D eigenvalue weighted by Gasteiger charge is 2.21. The minimum atomic E-state index is -0.915. The second kappa shape index (κ2) is 6.23. The zero-order valence-electron chi connectivity index (χ0n) is 11.7. The Bertz CT molecular complexity index is 575. The molecule has 0 fully saturated rings. The third-order valence-corrected chi connectivity index (χ3v) is 3.05. The number of nitrogens with one attached hydrogen (secondary N) is 1. The SMILES string of the molecule is CCCn1cc(C(Nc2ccc(C)cc2)C(=O)O)cn1. The van der Waals surface area contributed by atoms with E-state index in [9.17, 15) is 9.90 Å². The third kappa shape index (κ3) is 3.38. The van der Waals surface area contributed by atoms with Crippen LogP contribution in [0.4, 0.5) is 5.69 Å². The van der Waals surface area contributed by atoms with E-state index in [2.05, 4.69) is 17.3 Å². The van der Waals surface area contributed by atoms with Crippen LogP contribution >= 0.6 is 0 Å². The van der Waals surface area contributed by atoms with Gasteiger partial charge >= 0.3 is 5.97 Å². The molecule has 5 nitrogen and oxygen atoms in total. The summed E-state index contributed by atoms with van der Waals surface area (Å²) in [6.07, 6.45) is 4.35. The van der Waals surface area contributed by atoms with E-state index in [0.717, 1.165) is 24.2 Å². The summed E-state index contributed by atoms with van der Waals surface area (Å²) in [6.45, 7) is 4.84. The number of aliphatic carboxylic acids is 1. The number of carbonyl (C=O) groups is 1. The molecule has 5 heteroatoms. The third-order valence-electron chi connectivity index (χ3n) is 3.05. The predicted octanol–water partition coefficient (Wildman–Crippen LogP) is 2.84. The van der Waals surface area contributed by atoms with E-state index >= 15 is 0 Å². The van der Waals surface area contributed by atoms with Crippen molar-refractivity contribution >= 4 is 11.7 Å². The van der Waals surface area contributed by atoms with E-state index in [0.29, 0.717) is 5.56 Å². The van der Waals surface area contributed by atoms with Crippen molar-refractivity contribution in [3.8, 4) is 0 Å². The molecule has 0 spiro atoms. The highest BCUT2D eigenvalue weighted by atomic mass is 16.4. The number of aryl methyl sites for hydroxylation is 2. The van der Waals surface area contributed by atoms with Crippen molar-refractivity contribution in [2.45, 2.75) is 32.9 Å². The van der Waals surface area contributed by atoms with E-state index in [1.165, 1.54) is 0 Å². The zero-order chi connectivity index (χ0) is 14.5. The van der Waals surface area contributed by atoms with Crippen LogP contribution < -0.4 is 5.32 Å². The Labute approximate surface area is 118 Å². The number of benzene rings is 1. The molecule has 20 heavy (non-hydrogen) atoms. The number of nitrogens with zero attached hydrogens (tertiary/aromatic N) is 2. The van der Waals surface area contributed by atoms with Crippen molar-refractivity contribution in [2.75, 3.05) is 5.32 Å². The summed E-state index contributed by atoms with van der Waals surface area (Å²) in [5.41, 5.74) is 2.58. The fraction of sp³-hybridized carbons (Fsp3) is 0.333. The Morgan fingerprint density at radius 2 is 2.10 bits per heavy atom. The zero-order valence-corrected chi connectivity index (χ0v) is 11.7. The maximum atomic E-state index is 11.4. The van der Waals surface area contributed by atoms with Gasteiger partial charge in [0.25, 0.3) is 0 Å².